The fraction of sp³-hybridized carbons (Fsp3) is 0.0667. The summed E-state index contributed by atoms with van der Waals surface area (Å²) in [6, 6.07) is 15.6. The Kier molecular flexibility index (Phi) is 4.56. The molecule has 3 rings (SSSR count). The van der Waals surface area contributed by atoms with Crippen molar-refractivity contribution in [3.63, 3.8) is 0 Å². The Morgan fingerprint density at radius 1 is 1.00 bits per heavy atom. The molecule has 1 heterocycles. The van der Waals surface area contributed by atoms with Crippen molar-refractivity contribution in [3.05, 3.63) is 65.0 Å². The molecule has 2 aromatic carbocycles. The predicted molar refractivity (Wildman–Crippen MR) is 87.9 cm³/mol. The summed E-state index contributed by atoms with van der Waals surface area (Å²) in [4.78, 5) is 0.170. The van der Waals surface area contributed by atoms with Crippen molar-refractivity contribution in [2.24, 2.45) is 0 Å². The van der Waals surface area contributed by atoms with Crippen LogP contribution in [0.15, 0.2) is 68.4 Å². The highest BCUT2D eigenvalue weighted by Crippen LogP contribution is 2.18. The number of halogens is 1. The zero-order valence-electron chi connectivity index (χ0n) is 11.8. The van der Waals surface area contributed by atoms with Crippen LogP contribution in [0.3, 0.4) is 0 Å². The zero-order chi connectivity index (χ0) is 16.3. The molecule has 0 radical (unpaired) electrons. The average molecular weight is 394 g/mol. The summed E-state index contributed by atoms with van der Waals surface area (Å²) in [7, 11) is -3.63. The maximum absolute atomic E-state index is 12.2. The average Bonchev–Trinajstić information content (AvgIpc) is 3.03. The normalized spacial score (nSPS) is 11.5. The van der Waals surface area contributed by atoms with Gasteiger partial charge < -0.3 is 4.42 Å². The molecule has 0 saturated carbocycles. The van der Waals surface area contributed by atoms with Gasteiger partial charge in [0.15, 0.2) is 0 Å². The molecule has 0 saturated heterocycles. The molecule has 118 valence electrons. The molecular formula is C15H12BrN3O3S. The minimum atomic E-state index is -3.63. The standard InChI is InChI=1S/C15H12BrN3O3S/c16-12-6-8-13(9-7-12)23(20,21)17-10-14-18-19-15(22-14)11-4-2-1-3-5-11/h1-9,17H,10H2. The first-order chi connectivity index (χ1) is 11.0. The lowest BCUT2D eigenvalue weighted by Gasteiger charge is -2.04. The summed E-state index contributed by atoms with van der Waals surface area (Å²) in [5.41, 5.74) is 0.780. The molecule has 0 fully saturated rings. The highest BCUT2D eigenvalue weighted by atomic mass is 79.9. The maximum atomic E-state index is 12.2. The van der Waals surface area contributed by atoms with Crippen LogP contribution in [0, 0.1) is 0 Å². The van der Waals surface area contributed by atoms with Crippen molar-refractivity contribution in [1.29, 1.82) is 0 Å². The Balaban J connectivity index is 1.71. The van der Waals surface area contributed by atoms with E-state index in [9.17, 15) is 8.42 Å². The molecule has 0 bridgehead atoms. The van der Waals surface area contributed by atoms with Crippen LogP contribution in [0.1, 0.15) is 5.89 Å². The van der Waals surface area contributed by atoms with E-state index >= 15 is 0 Å². The van der Waals surface area contributed by atoms with Gasteiger partial charge in [-0.3, -0.25) is 0 Å². The van der Waals surface area contributed by atoms with Gasteiger partial charge in [0, 0.05) is 10.0 Å². The molecule has 0 spiro atoms. The van der Waals surface area contributed by atoms with E-state index in [0.717, 1.165) is 10.0 Å². The molecule has 1 N–H and O–H groups in total. The Bertz CT molecular complexity index is 893. The van der Waals surface area contributed by atoms with Crippen molar-refractivity contribution in [3.8, 4) is 11.5 Å². The van der Waals surface area contributed by atoms with Crippen LogP contribution >= 0.6 is 15.9 Å². The van der Waals surface area contributed by atoms with Gasteiger partial charge in [0.05, 0.1) is 11.4 Å². The Morgan fingerprint density at radius 3 is 2.39 bits per heavy atom. The maximum Gasteiger partial charge on any atom is 0.247 e. The first-order valence-electron chi connectivity index (χ1n) is 6.68. The molecule has 6 nitrogen and oxygen atoms in total. The van der Waals surface area contributed by atoms with E-state index < -0.39 is 10.0 Å². The minimum Gasteiger partial charge on any atom is -0.419 e. The molecule has 0 aliphatic rings. The van der Waals surface area contributed by atoms with E-state index in [2.05, 4.69) is 30.8 Å². The van der Waals surface area contributed by atoms with Gasteiger partial charge in [0.2, 0.25) is 21.8 Å². The summed E-state index contributed by atoms with van der Waals surface area (Å²) < 4.78 is 33.1. The molecule has 3 aromatic rings. The Hall–Kier alpha value is -2.03. The second-order valence-corrected chi connectivity index (χ2v) is 7.33. The topological polar surface area (TPSA) is 85.1 Å². The first kappa shape index (κ1) is 15.9. The Morgan fingerprint density at radius 2 is 1.70 bits per heavy atom. The zero-order valence-corrected chi connectivity index (χ0v) is 14.2. The van der Waals surface area contributed by atoms with Gasteiger partial charge in [0.1, 0.15) is 0 Å². The van der Waals surface area contributed by atoms with Crippen molar-refractivity contribution in [2.45, 2.75) is 11.4 Å². The number of hydrogen-bond acceptors (Lipinski definition) is 5. The molecular weight excluding hydrogens is 382 g/mol. The molecule has 0 aliphatic carbocycles. The minimum absolute atomic E-state index is 0.0712. The van der Waals surface area contributed by atoms with Crippen LogP contribution in [0.2, 0.25) is 0 Å². The van der Waals surface area contributed by atoms with E-state index in [0.29, 0.717) is 5.89 Å². The summed E-state index contributed by atoms with van der Waals surface area (Å²) in [5.74, 6) is 0.549. The fourth-order valence-electron chi connectivity index (χ4n) is 1.88. The number of sulfonamides is 1. The van der Waals surface area contributed by atoms with E-state index in [1.54, 1.807) is 12.1 Å². The largest absolute Gasteiger partial charge is 0.419 e. The Labute approximate surface area is 141 Å². The summed E-state index contributed by atoms with van der Waals surface area (Å²) in [6.45, 7) is -0.0712. The SMILES string of the molecule is O=S(=O)(NCc1nnc(-c2ccccc2)o1)c1ccc(Br)cc1. The monoisotopic (exact) mass is 393 g/mol. The molecule has 0 unspecified atom stereocenters. The van der Waals surface area contributed by atoms with Crippen LogP contribution < -0.4 is 4.72 Å². The number of nitrogens with zero attached hydrogens (tertiary/aromatic N) is 2. The number of rotatable bonds is 5. The molecule has 0 amide bonds. The number of nitrogens with one attached hydrogen (secondary N) is 1. The quantitative estimate of drug-likeness (QED) is 0.719. The highest BCUT2D eigenvalue weighted by Gasteiger charge is 2.16. The molecule has 1 aromatic heterocycles. The van der Waals surface area contributed by atoms with Gasteiger partial charge in [-0.15, -0.1) is 10.2 Å². The van der Waals surface area contributed by atoms with Gasteiger partial charge in [-0.1, -0.05) is 34.1 Å². The predicted octanol–water partition coefficient (Wildman–Crippen LogP) is 2.98. The van der Waals surface area contributed by atoms with E-state index in [-0.39, 0.29) is 17.3 Å². The lowest BCUT2D eigenvalue weighted by molar-refractivity contribution is 0.494. The molecule has 0 atom stereocenters. The van der Waals surface area contributed by atoms with Gasteiger partial charge in [-0.05, 0) is 36.4 Å². The third-order valence-corrected chi connectivity index (χ3v) is 4.97. The van der Waals surface area contributed by atoms with E-state index in [1.807, 2.05) is 30.3 Å². The molecule has 0 aliphatic heterocycles. The smallest absolute Gasteiger partial charge is 0.247 e. The third-order valence-electron chi connectivity index (χ3n) is 3.02. The lowest BCUT2D eigenvalue weighted by atomic mass is 10.2. The van der Waals surface area contributed by atoms with Crippen LogP contribution in [0.4, 0.5) is 0 Å². The van der Waals surface area contributed by atoms with E-state index in [1.165, 1.54) is 12.1 Å². The van der Waals surface area contributed by atoms with Gasteiger partial charge in [-0.25, -0.2) is 13.1 Å². The summed E-state index contributed by atoms with van der Waals surface area (Å²) >= 11 is 3.26. The molecule has 23 heavy (non-hydrogen) atoms. The van der Waals surface area contributed by atoms with E-state index in [4.69, 9.17) is 4.42 Å². The van der Waals surface area contributed by atoms with Crippen LogP contribution in [-0.2, 0) is 16.6 Å². The number of hydrogen-bond donors (Lipinski definition) is 1. The van der Waals surface area contributed by atoms with Crippen molar-refractivity contribution in [1.82, 2.24) is 14.9 Å². The number of aromatic nitrogens is 2. The van der Waals surface area contributed by atoms with Gasteiger partial charge in [-0.2, -0.15) is 0 Å². The second-order valence-electron chi connectivity index (χ2n) is 4.65. The summed E-state index contributed by atoms with van der Waals surface area (Å²) in [6.07, 6.45) is 0. The fourth-order valence-corrected chi connectivity index (χ4v) is 3.12. The van der Waals surface area contributed by atoms with Gasteiger partial charge >= 0.3 is 0 Å². The van der Waals surface area contributed by atoms with Crippen LogP contribution in [0.5, 0.6) is 0 Å². The van der Waals surface area contributed by atoms with Crippen molar-refractivity contribution < 1.29 is 12.8 Å². The van der Waals surface area contributed by atoms with Crippen molar-refractivity contribution in [2.75, 3.05) is 0 Å². The van der Waals surface area contributed by atoms with Gasteiger partial charge in [0.25, 0.3) is 0 Å². The van der Waals surface area contributed by atoms with Crippen LogP contribution in [-0.4, -0.2) is 18.6 Å². The second kappa shape index (κ2) is 6.61. The highest BCUT2D eigenvalue weighted by molar-refractivity contribution is 9.10. The first-order valence-corrected chi connectivity index (χ1v) is 8.95. The van der Waals surface area contributed by atoms with Crippen LogP contribution in [0.25, 0.3) is 11.5 Å². The van der Waals surface area contributed by atoms with Crippen molar-refractivity contribution >= 4 is 26.0 Å². The number of benzene rings is 2. The summed E-state index contributed by atoms with van der Waals surface area (Å²) in [5, 5.41) is 7.77. The molecule has 8 heteroatoms. The lowest BCUT2D eigenvalue weighted by Crippen LogP contribution is -2.23. The third kappa shape index (κ3) is 3.84.